The van der Waals surface area contributed by atoms with Crippen molar-refractivity contribution in [3.05, 3.63) is 0 Å². The van der Waals surface area contributed by atoms with Crippen LogP contribution in [-0.2, 0) is 0 Å². The minimum absolute atomic E-state index is 0.904. The van der Waals surface area contributed by atoms with Gasteiger partial charge in [0.25, 0.3) is 0 Å². The van der Waals surface area contributed by atoms with Gasteiger partial charge in [0.05, 0.1) is 0 Å². The van der Waals surface area contributed by atoms with Crippen LogP contribution in [0.3, 0.4) is 0 Å². The second-order valence-corrected chi connectivity index (χ2v) is 5.37. The summed E-state index contributed by atoms with van der Waals surface area (Å²) in [6.07, 6.45) is 7.31. The first-order valence-electron chi connectivity index (χ1n) is 4.90. The molecular formula is C10H20S. The molecule has 0 saturated carbocycles. The minimum Gasteiger partial charge on any atom is -0.159 e. The van der Waals surface area contributed by atoms with Gasteiger partial charge in [0.15, 0.2) is 0 Å². The molecule has 1 atom stereocenters. The van der Waals surface area contributed by atoms with Crippen molar-refractivity contribution in [2.75, 3.05) is 5.75 Å². The van der Waals surface area contributed by atoms with Crippen LogP contribution in [0, 0.1) is 5.92 Å². The molecule has 0 spiro atoms. The molecule has 11 heavy (non-hydrogen) atoms. The van der Waals surface area contributed by atoms with Crippen molar-refractivity contribution in [3.63, 3.8) is 0 Å². The standard InChI is InChI=1S/C10H20S/c1-9(2)5-3-6-10-7-4-8-11-10/h9-10H,3-8H2,1-2H3. The summed E-state index contributed by atoms with van der Waals surface area (Å²) in [5, 5.41) is 1.02. The Labute approximate surface area is 75.1 Å². The number of rotatable bonds is 4. The van der Waals surface area contributed by atoms with Crippen LogP contribution >= 0.6 is 11.8 Å². The Balaban J connectivity index is 1.94. The number of hydrogen-bond donors (Lipinski definition) is 0. The highest BCUT2D eigenvalue weighted by Gasteiger charge is 2.14. The fourth-order valence-corrected chi connectivity index (χ4v) is 2.96. The molecule has 1 unspecified atom stereocenters. The van der Waals surface area contributed by atoms with Gasteiger partial charge in [-0.3, -0.25) is 0 Å². The molecule has 1 rings (SSSR count). The van der Waals surface area contributed by atoms with Crippen LogP contribution < -0.4 is 0 Å². The molecular weight excluding hydrogens is 152 g/mol. The second-order valence-electron chi connectivity index (χ2n) is 3.96. The Morgan fingerprint density at radius 1 is 1.45 bits per heavy atom. The van der Waals surface area contributed by atoms with Crippen LogP contribution in [0.2, 0.25) is 0 Å². The summed E-state index contributed by atoms with van der Waals surface area (Å²) >= 11 is 2.19. The van der Waals surface area contributed by atoms with E-state index in [9.17, 15) is 0 Å². The molecule has 0 amide bonds. The molecule has 1 aliphatic heterocycles. The quantitative estimate of drug-likeness (QED) is 0.623. The third-order valence-corrected chi connectivity index (χ3v) is 3.80. The van der Waals surface area contributed by atoms with Crippen molar-refractivity contribution in [2.24, 2.45) is 5.92 Å². The van der Waals surface area contributed by atoms with Crippen LogP contribution in [0.1, 0.15) is 46.0 Å². The molecule has 0 N–H and O–H groups in total. The van der Waals surface area contributed by atoms with Crippen molar-refractivity contribution < 1.29 is 0 Å². The van der Waals surface area contributed by atoms with E-state index in [0.717, 1.165) is 11.2 Å². The molecule has 0 radical (unpaired) electrons. The highest BCUT2D eigenvalue weighted by molar-refractivity contribution is 8.00. The Bertz CT molecular complexity index is 93.0. The van der Waals surface area contributed by atoms with Crippen LogP contribution in [0.15, 0.2) is 0 Å². The molecule has 0 aromatic rings. The number of thioether (sulfide) groups is 1. The van der Waals surface area contributed by atoms with E-state index in [1.165, 1.54) is 37.9 Å². The molecule has 0 aliphatic carbocycles. The van der Waals surface area contributed by atoms with Crippen LogP contribution in [0.5, 0.6) is 0 Å². The van der Waals surface area contributed by atoms with Gasteiger partial charge < -0.3 is 0 Å². The van der Waals surface area contributed by atoms with Crippen molar-refractivity contribution in [3.8, 4) is 0 Å². The predicted molar refractivity (Wildman–Crippen MR) is 54.2 cm³/mol. The van der Waals surface area contributed by atoms with Gasteiger partial charge in [0.2, 0.25) is 0 Å². The van der Waals surface area contributed by atoms with Gasteiger partial charge in [-0.25, -0.2) is 0 Å². The normalized spacial score (nSPS) is 24.8. The molecule has 1 fully saturated rings. The zero-order chi connectivity index (χ0) is 8.10. The summed E-state index contributed by atoms with van der Waals surface area (Å²) < 4.78 is 0. The average molecular weight is 172 g/mol. The summed E-state index contributed by atoms with van der Waals surface area (Å²) in [6, 6.07) is 0. The van der Waals surface area contributed by atoms with Gasteiger partial charge in [-0.15, -0.1) is 0 Å². The zero-order valence-electron chi connectivity index (χ0n) is 7.81. The molecule has 0 nitrogen and oxygen atoms in total. The molecule has 1 saturated heterocycles. The lowest BCUT2D eigenvalue weighted by Gasteiger charge is -2.08. The summed E-state index contributed by atoms with van der Waals surface area (Å²) in [5.41, 5.74) is 0. The maximum atomic E-state index is 2.32. The lowest BCUT2D eigenvalue weighted by atomic mass is 10.0. The van der Waals surface area contributed by atoms with Gasteiger partial charge >= 0.3 is 0 Å². The molecule has 0 bridgehead atoms. The third-order valence-electron chi connectivity index (χ3n) is 2.33. The number of hydrogen-bond acceptors (Lipinski definition) is 1. The Morgan fingerprint density at radius 2 is 2.27 bits per heavy atom. The van der Waals surface area contributed by atoms with Crippen molar-refractivity contribution in [1.82, 2.24) is 0 Å². The van der Waals surface area contributed by atoms with Crippen molar-refractivity contribution >= 4 is 11.8 Å². The second kappa shape index (κ2) is 5.08. The van der Waals surface area contributed by atoms with E-state index < -0.39 is 0 Å². The highest BCUT2D eigenvalue weighted by Crippen LogP contribution is 2.30. The van der Waals surface area contributed by atoms with E-state index >= 15 is 0 Å². The van der Waals surface area contributed by atoms with E-state index in [0.29, 0.717) is 0 Å². The third kappa shape index (κ3) is 4.05. The highest BCUT2D eigenvalue weighted by atomic mass is 32.2. The van der Waals surface area contributed by atoms with Gasteiger partial charge in [-0.05, 0) is 30.9 Å². The van der Waals surface area contributed by atoms with E-state index in [2.05, 4.69) is 25.6 Å². The summed E-state index contributed by atoms with van der Waals surface area (Å²) in [5.74, 6) is 2.33. The van der Waals surface area contributed by atoms with Crippen LogP contribution in [-0.4, -0.2) is 11.0 Å². The Kier molecular flexibility index (Phi) is 4.36. The van der Waals surface area contributed by atoms with E-state index in [4.69, 9.17) is 0 Å². The smallest absolute Gasteiger partial charge is 0.00473 e. The lowest BCUT2D eigenvalue weighted by molar-refractivity contribution is 0.528. The van der Waals surface area contributed by atoms with E-state index in [1.54, 1.807) is 0 Å². The first-order valence-corrected chi connectivity index (χ1v) is 5.95. The van der Waals surface area contributed by atoms with E-state index in [-0.39, 0.29) is 0 Å². The van der Waals surface area contributed by atoms with Gasteiger partial charge in [0, 0.05) is 5.25 Å². The molecule has 1 heteroatoms. The maximum absolute atomic E-state index is 2.32. The van der Waals surface area contributed by atoms with Crippen molar-refractivity contribution in [2.45, 2.75) is 51.2 Å². The summed E-state index contributed by atoms with van der Waals surface area (Å²) in [4.78, 5) is 0. The van der Waals surface area contributed by atoms with Crippen LogP contribution in [0.4, 0.5) is 0 Å². The largest absolute Gasteiger partial charge is 0.159 e. The van der Waals surface area contributed by atoms with E-state index in [1.807, 2.05) is 0 Å². The molecule has 1 aliphatic rings. The average Bonchev–Trinajstić information content (AvgIpc) is 2.39. The fraction of sp³-hybridized carbons (Fsp3) is 1.00. The molecule has 1 heterocycles. The molecule has 0 aromatic heterocycles. The van der Waals surface area contributed by atoms with Crippen molar-refractivity contribution in [1.29, 1.82) is 0 Å². The maximum Gasteiger partial charge on any atom is 0.00473 e. The first kappa shape index (κ1) is 9.44. The molecule has 66 valence electrons. The van der Waals surface area contributed by atoms with Gasteiger partial charge in [0.1, 0.15) is 0 Å². The van der Waals surface area contributed by atoms with Gasteiger partial charge in [-0.1, -0.05) is 26.7 Å². The topological polar surface area (TPSA) is 0 Å². The lowest BCUT2D eigenvalue weighted by Crippen LogP contribution is -1.97. The van der Waals surface area contributed by atoms with Crippen LogP contribution in [0.25, 0.3) is 0 Å². The fourth-order valence-electron chi connectivity index (χ4n) is 1.63. The summed E-state index contributed by atoms with van der Waals surface area (Å²) in [6.45, 7) is 4.64. The Morgan fingerprint density at radius 3 is 2.82 bits per heavy atom. The van der Waals surface area contributed by atoms with Gasteiger partial charge in [-0.2, -0.15) is 11.8 Å². The summed E-state index contributed by atoms with van der Waals surface area (Å²) in [7, 11) is 0. The molecule has 0 aromatic carbocycles. The first-order chi connectivity index (χ1) is 5.29. The predicted octanol–water partition coefficient (Wildman–Crippen LogP) is 3.71. The minimum atomic E-state index is 0.904. The zero-order valence-corrected chi connectivity index (χ0v) is 8.62. The SMILES string of the molecule is CC(C)CCCC1CCCS1. The monoisotopic (exact) mass is 172 g/mol. The Hall–Kier alpha value is 0.350.